The third kappa shape index (κ3) is 3.66. The maximum atomic E-state index is 12.5. The molecule has 124 valence electrons. The summed E-state index contributed by atoms with van der Waals surface area (Å²) in [6.07, 6.45) is 3.39. The monoisotopic (exact) mass is 360 g/mol. The first-order valence-corrected chi connectivity index (χ1v) is 8.83. The number of halogens is 1. The summed E-state index contributed by atoms with van der Waals surface area (Å²) in [6, 6.07) is 9.36. The van der Waals surface area contributed by atoms with Gasteiger partial charge in [-0.25, -0.2) is 4.79 Å². The summed E-state index contributed by atoms with van der Waals surface area (Å²) >= 11 is 7.40. The normalized spacial score (nSPS) is 17.2. The van der Waals surface area contributed by atoms with E-state index in [1.165, 1.54) is 17.8 Å². The number of dihydropyridines is 1. The van der Waals surface area contributed by atoms with Crippen LogP contribution < -0.4 is 5.32 Å². The Kier molecular flexibility index (Phi) is 6.13. The number of rotatable bonds is 5. The molecule has 0 fully saturated rings. The lowest BCUT2D eigenvalue weighted by Crippen LogP contribution is -2.28. The van der Waals surface area contributed by atoms with Crippen molar-refractivity contribution in [3.63, 3.8) is 0 Å². The van der Waals surface area contributed by atoms with Crippen molar-refractivity contribution >= 4 is 29.3 Å². The minimum atomic E-state index is -0.492. The predicted octanol–water partition coefficient (Wildman–Crippen LogP) is 4.13. The second kappa shape index (κ2) is 8.09. The molecule has 0 aliphatic carbocycles. The Hall–Kier alpha value is -2.16. The highest BCUT2D eigenvalue weighted by molar-refractivity contribution is 8.02. The van der Waals surface area contributed by atoms with Crippen LogP contribution in [0.5, 0.6) is 0 Å². The van der Waals surface area contributed by atoms with Crippen molar-refractivity contribution < 1.29 is 9.53 Å². The van der Waals surface area contributed by atoms with Crippen molar-refractivity contribution in [1.82, 2.24) is 5.32 Å². The molecule has 1 aromatic rings. The highest BCUT2D eigenvalue weighted by Crippen LogP contribution is 2.40. The topological polar surface area (TPSA) is 62.1 Å². The fourth-order valence-corrected chi connectivity index (χ4v) is 3.31. The van der Waals surface area contributed by atoms with Crippen molar-refractivity contribution in [3.05, 3.63) is 69.4 Å². The van der Waals surface area contributed by atoms with E-state index in [1.54, 1.807) is 19.1 Å². The molecule has 1 heterocycles. The summed E-state index contributed by atoms with van der Waals surface area (Å²) in [5.41, 5.74) is 2.40. The Labute approximate surface area is 150 Å². The Balaban J connectivity index is 2.57. The molecule has 2 rings (SSSR count). The third-order valence-corrected chi connectivity index (χ3v) is 4.59. The quantitative estimate of drug-likeness (QED) is 0.632. The molecular weight excluding hydrogens is 344 g/mol. The maximum Gasteiger partial charge on any atom is 0.337 e. The first-order chi connectivity index (χ1) is 11.5. The minimum Gasteiger partial charge on any atom is -0.458 e. The van der Waals surface area contributed by atoms with Crippen molar-refractivity contribution in [1.29, 1.82) is 5.26 Å². The van der Waals surface area contributed by atoms with Gasteiger partial charge in [-0.2, -0.15) is 5.26 Å². The molecule has 1 N–H and O–H groups in total. The molecule has 4 nitrogen and oxygen atoms in total. The van der Waals surface area contributed by atoms with E-state index >= 15 is 0 Å². The molecule has 1 aromatic carbocycles. The number of ether oxygens (including phenoxy) is 1. The number of carbonyl (C=O) groups excluding carboxylic acids is 1. The second-order valence-corrected chi connectivity index (χ2v) is 6.35. The van der Waals surface area contributed by atoms with Gasteiger partial charge in [0, 0.05) is 10.7 Å². The molecule has 0 saturated carbocycles. The van der Waals surface area contributed by atoms with E-state index in [0.29, 0.717) is 21.9 Å². The molecular formula is C18H17ClN2O2S. The number of allylic oxidation sites excluding steroid dienone is 2. The minimum absolute atomic E-state index is 0.115. The summed E-state index contributed by atoms with van der Waals surface area (Å²) in [7, 11) is 0. The van der Waals surface area contributed by atoms with Crippen LogP contribution in [-0.4, -0.2) is 18.8 Å². The van der Waals surface area contributed by atoms with Gasteiger partial charge >= 0.3 is 5.97 Å². The van der Waals surface area contributed by atoms with Crippen molar-refractivity contribution in [2.75, 3.05) is 12.9 Å². The van der Waals surface area contributed by atoms with Gasteiger partial charge in [0.2, 0.25) is 0 Å². The maximum absolute atomic E-state index is 12.5. The lowest BCUT2D eigenvalue weighted by atomic mass is 9.82. The highest BCUT2D eigenvalue weighted by Gasteiger charge is 2.35. The number of esters is 1. The number of nitrogens with zero attached hydrogens (tertiary/aromatic N) is 1. The van der Waals surface area contributed by atoms with E-state index in [-0.39, 0.29) is 6.61 Å². The Bertz CT molecular complexity index is 760. The molecule has 0 saturated heterocycles. The van der Waals surface area contributed by atoms with Crippen LogP contribution in [0.15, 0.2) is 58.8 Å². The van der Waals surface area contributed by atoms with Gasteiger partial charge in [-0.05, 0) is 30.9 Å². The van der Waals surface area contributed by atoms with Crippen LogP contribution >= 0.6 is 23.4 Å². The smallest absolute Gasteiger partial charge is 0.337 e. The molecule has 0 radical (unpaired) electrons. The number of nitrogens with one attached hydrogen (secondary N) is 1. The van der Waals surface area contributed by atoms with Gasteiger partial charge in [0.1, 0.15) is 6.61 Å². The van der Waals surface area contributed by atoms with Crippen molar-refractivity contribution in [2.45, 2.75) is 12.8 Å². The highest BCUT2D eigenvalue weighted by atomic mass is 35.5. The number of hydrogen-bond donors (Lipinski definition) is 1. The molecule has 6 heteroatoms. The van der Waals surface area contributed by atoms with E-state index in [1.807, 2.05) is 18.4 Å². The zero-order valence-electron chi connectivity index (χ0n) is 13.4. The molecule has 1 unspecified atom stereocenters. The average Bonchev–Trinajstić information content (AvgIpc) is 2.59. The van der Waals surface area contributed by atoms with Crippen LogP contribution in [0.2, 0.25) is 5.02 Å². The van der Waals surface area contributed by atoms with Crippen LogP contribution in [0.25, 0.3) is 0 Å². The van der Waals surface area contributed by atoms with Gasteiger partial charge in [-0.15, -0.1) is 11.8 Å². The zero-order chi connectivity index (χ0) is 17.7. The van der Waals surface area contributed by atoms with Gasteiger partial charge < -0.3 is 10.1 Å². The summed E-state index contributed by atoms with van der Waals surface area (Å²) in [5.74, 6) is -0.957. The SMILES string of the molecule is C=CCOC(=O)C1=C(C)NC(SC)=C(C#N)C1c1ccc(Cl)cc1. The van der Waals surface area contributed by atoms with Gasteiger partial charge in [0.05, 0.1) is 28.2 Å². The standard InChI is InChI=1S/C18H17ClN2O2S/c1-4-9-23-18(22)15-11(2)21-17(24-3)14(10-20)16(15)12-5-7-13(19)8-6-12/h4-8,16,21H,1,9H2,2-3H3. The van der Waals surface area contributed by atoms with Gasteiger partial charge in [-0.3, -0.25) is 0 Å². The molecule has 0 spiro atoms. The molecule has 0 aromatic heterocycles. The van der Waals surface area contributed by atoms with Crippen LogP contribution in [0.3, 0.4) is 0 Å². The summed E-state index contributed by atoms with van der Waals surface area (Å²) in [6.45, 7) is 5.47. The van der Waals surface area contributed by atoms with Crippen molar-refractivity contribution in [2.24, 2.45) is 0 Å². The fraction of sp³-hybridized carbons (Fsp3) is 0.222. The third-order valence-electron chi connectivity index (χ3n) is 3.61. The number of nitriles is 1. The molecule has 1 aliphatic rings. The van der Waals surface area contributed by atoms with E-state index in [4.69, 9.17) is 16.3 Å². The largest absolute Gasteiger partial charge is 0.458 e. The number of thioether (sulfide) groups is 1. The number of hydrogen-bond acceptors (Lipinski definition) is 5. The van der Waals surface area contributed by atoms with Crippen LogP contribution in [-0.2, 0) is 9.53 Å². The van der Waals surface area contributed by atoms with Crippen molar-refractivity contribution in [3.8, 4) is 6.07 Å². The second-order valence-electron chi connectivity index (χ2n) is 5.09. The van der Waals surface area contributed by atoms with E-state index in [2.05, 4.69) is 18.0 Å². The Morgan fingerprint density at radius 3 is 2.71 bits per heavy atom. The zero-order valence-corrected chi connectivity index (χ0v) is 15.0. The molecule has 24 heavy (non-hydrogen) atoms. The predicted molar refractivity (Wildman–Crippen MR) is 97.3 cm³/mol. The lowest BCUT2D eigenvalue weighted by molar-refractivity contribution is -0.138. The van der Waals surface area contributed by atoms with Gasteiger partial charge in [-0.1, -0.05) is 36.4 Å². The first kappa shape index (κ1) is 18.2. The van der Waals surface area contributed by atoms with Gasteiger partial charge in [0.15, 0.2) is 0 Å². The summed E-state index contributed by atoms with van der Waals surface area (Å²) in [4.78, 5) is 12.5. The lowest BCUT2D eigenvalue weighted by Gasteiger charge is -2.28. The molecule has 0 bridgehead atoms. The average molecular weight is 361 g/mol. The molecule has 0 amide bonds. The summed E-state index contributed by atoms with van der Waals surface area (Å²) < 4.78 is 5.22. The van der Waals surface area contributed by atoms with Gasteiger partial charge in [0.25, 0.3) is 0 Å². The number of benzene rings is 1. The first-order valence-electron chi connectivity index (χ1n) is 7.23. The molecule has 1 aliphatic heterocycles. The van der Waals surface area contributed by atoms with E-state index in [0.717, 1.165) is 10.6 Å². The Morgan fingerprint density at radius 2 is 2.17 bits per heavy atom. The summed E-state index contributed by atoms with van der Waals surface area (Å²) in [5, 5.41) is 14.1. The number of carbonyl (C=O) groups is 1. The van der Waals surface area contributed by atoms with Crippen LogP contribution in [0.1, 0.15) is 18.4 Å². The van der Waals surface area contributed by atoms with E-state index in [9.17, 15) is 10.1 Å². The van der Waals surface area contributed by atoms with Crippen LogP contribution in [0, 0.1) is 11.3 Å². The Morgan fingerprint density at radius 1 is 1.50 bits per heavy atom. The molecule has 1 atom stereocenters. The van der Waals surface area contributed by atoms with Crippen LogP contribution in [0.4, 0.5) is 0 Å². The van der Waals surface area contributed by atoms with E-state index < -0.39 is 11.9 Å². The fourth-order valence-electron chi connectivity index (χ4n) is 2.55.